The molecule has 0 aliphatic carbocycles. The smallest absolute Gasteiger partial charge is 0.234 e. The molecule has 88 valence electrons. The molecular formula is C12H18N2O2. The Balaban J connectivity index is 2.34. The maximum absolute atomic E-state index is 10.7. The first-order chi connectivity index (χ1) is 7.63. The molecule has 0 heterocycles. The van der Waals surface area contributed by atoms with Crippen LogP contribution in [-0.4, -0.2) is 19.1 Å². The Bertz CT molecular complexity index is 335. The minimum atomic E-state index is -0.529. The van der Waals surface area contributed by atoms with Crippen LogP contribution < -0.4 is 16.2 Å². The Labute approximate surface area is 95.6 Å². The molecular weight excluding hydrogens is 204 g/mol. The first kappa shape index (κ1) is 12.5. The minimum Gasteiger partial charge on any atom is -0.497 e. The third kappa shape index (κ3) is 3.90. The van der Waals surface area contributed by atoms with Crippen molar-refractivity contribution in [1.82, 2.24) is 0 Å². The van der Waals surface area contributed by atoms with Crippen molar-refractivity contribution in [3.8, 4) is 5.75 Å². The van der Waals surface area contributed by atoms with Gasteiger partial charge in [0.05, 0.1) is 13.2 Å². The molecule has 4 nitrogen and oxygen atoms in total. The van der Waals surface area contributed by atoms with Crippen molar-refractivity contribution in [2.45, 2.75) is 25.3 Å². The molecule has 1 aromatic rings. The van der Waals surface area contributed by atoms with Gasteiger partial charge in [0.1, 0.15) is 5.75 Å². The summed E-state index contributed by atoms with van der Waals surface area (Å²) >= 11 is 0. The summed E-state index contributed by atoms with van der Waals surface area (Å²) in [6, 6.07) is 7.33. The number of amides is 1. The molecule has 0 aliphatic heterocycles. The van der Waals surface area contributed by atoms with Crippen molar-refractivity contribution >= 4 is 5.91 Å². The minimum absolute atomic E-state index is 0.435. The van der Waals surface area contributed by atoms with E-state index < -0.39 is 11.9 Å². The van der Waals surface area contributed by atoms with Gasteiger partial charge in [-0.25, -0.2) is 0 Å². The van der Waals surface area contributed by atoms with Crippen LogP contribution in [0.5, 0.6) is 5.75 Å². The summed E-state index contributed by atoms with van der Waals surface area (Å²) in [6.45, 7) is 0. The van der Waals surface area contributed by atoms with E-state index >= 15 is 0 Å². The highest BCUT2D eigenvalue weighted by molar-refractivity contribution is 5.79. The van der Waals surface area contributed by atoms with Crippen LogP contribution in [-0.2, 0) is 11.2 Å². The summed E-state index contributed by atoms with van der Waals surface area (Å²) < 4.78 is 5.06. The zero-order valence-corrected chi connectivity index (χ0v) is 9.48. The summed E-state index contributed by atoms with van der Waals surface area (Å²) in [6.07, 6.45) is 2.38. The Morgan fingerprint density at radius 3 is 2.50 bits per heavy atom. The zero-order valence-electron chi connectivity index (χ0n) is 9.48. The molecule has 16 heavy (non-hydrogen) atoms. The van der Waals surface area contributed by atoms with Crippen molar-refractivity contribution in [2.24, 2.45) is 11.5 Å². The van der Waals surface area contributed by atoms with Crippen LogP contribution in [0.15, 0.2) is 24.3 Å². The fourth-order valence-corrected chi connectivity index (χ4v) is 1.46. The van der Waals surface area contributed by atoms with E-state index in [4.69, 9.17) is 16.2 Å². The fraction of sp³-hybridized carbons (Fsp3) is 0.417. The normalized spacial score (nSPS) is 12.1. The lowest BCUT2D eigenvalue weighted by Gasteiger charge is -2.07. The van der Waals surface area contributed by atoms with Crippen LogP contribution in [0, 0.1) is 0 Å². The van der Waals surface area contributed by atoms with E-state index in [0.717, 1.165) is 18.6 Å². The molecule has 0 radical (unpaired) electrons. The van der Waals surface area contributed by atoms with Crippen molar-refractivity contribution in [3.05, 3.63) is 29.8 Å². The third-order valence-electron chi connectivity index (χ3n) is 2.51. The summed E-state index contributed by atoms with van der Waals surface area (Å²) in [4.78, 5) is 10.7. The first-order valence-corrected chi connectivity index (χ1v) is 5.31. The Morgan fingerprint density at radius 2 is 2.00 bits per heavy atom. The average Bonchev–Trinajstić information content (AvgIpc) is 2.29. The number of methoxy groups -OCH3 is 1. The van der Waals surface area contributed by atoms with E-state index in [1.165, 1.54) is 5.56 Å². The first-order valence-electron chi connectivity index (χ1n) is 5.31. The van der Waals surface area contributed by atoms with Crippen LogP contribution in [0.3, 0.4) is 0 Å². The van der Waals surface area contributed by atoms with Gasteiger partial charge in [0.2, 0.25) is 5.91 Å². The molecule has 1 amide bonds. The van der Waals surface area contributed by atoms with E-state index in [-0.39, 0.29) is 0 Å². The Morgan fingerprint density at radius 1 is 1.38 bits per heavy atom. The molecule has 0 spiro atoms. The van der Waals surface area contributed by atoms with E-state index in [1.54, 1.807) is 7.11 Å². The average molecular weight is 222 g/mol. The monoisotopic (exact) mass is 222 g/mol. The van der Waals surface area contributed by atoms with Crippen LogP contribution in [0.4, 0.5) is 0 Å². The largest absolute Gasteiger partial charge is 0.497 e. The van der Waals surface area contributed by atoms with Gasteiger partial charge in [-0.1, -0.05) is 12.1 Å². The predicted molar refractivity (Wildman–Crippen MR) is 63.1 cm³/mol. The van der Waals surface area contributed by atoms with Crippen LogP contribution in [0.2, 0.25) is 0 Å². The second kappa shape index (κ2) is 6.12. The molecule has 1 unspecified atom stereocenters. The molecule has 1 atom stereocenters. The summed E-state index contributed by atoms with van der Waals surface area (Å²) in [7, 11) is 1.64. The van der Waals surface area contributed by atoms with E-state index in [1.807, 2.05) is 24.3 Å². The second-order valence-electron chi connectivity index (χ2n) is 3.75. The fourth-order valence-electron chi connectivity index (χ4n) is 1.46. The van der Waals surface area contributed by atoms with Crippen molar-refractivity contribution in [3.63, 3.8) is 0 Å². The highest BCUT2D eigenvalue weighted by Crippen LogP contribution is 2.13. The lowest BCUT2D eigenvalue weighted by Crippen LogP contribution is -2.36. The van der Waals surface area contributed by atoms with E-state index in [2.05, 4.69) is 0 Å². The molecule has 0 bridgehead atoms. The highest BCUT2D eigenvalue weighted by atomic mass is 16.5. The van der Waals surface area contributed by atoms with Gasteiger partial charge < -0.3 is 16.2 Å². The number of hydrogen-bond acceptors (Lipinski definition) is 3. The van der Waals surface area contributed by atoms with Crippen LogP contribution in [0.25, 0.3) is 0 Å². The van der Waals surface area contributed by atoms with Crippen molar-refractivity contribution in [2.75, 3.05) is 7.11 Å². The molecule has 0 aromatic heterocycles. The number of rotatable bonds is 6. The Hall–Kier alpha value is -1.55. The molecule has 4 heteroatoms. The number of hydrogen-bond donors (Lipinski definition) is 2. The standard InChI is InChI=1S/C12H18N2O2/c1-16-10-7-5-9(6-8-10)3-2-4-11(13)12(14)15/h5-8,11H,2-4,13H2,1H3,(H2,14,15). The van der Waals surface area contributed by atoms with Crippen molar-refractivity contribution < 1.29 is 9.53 Å². The highest BCUT2D eigenvalue weighted by Gasteiger charge is 2.07. The van der Waals surface area contributed by atoms with Gasteiger partial charge in [-0.05, 0) is 37.0 Å². The number of nitrogens with two attached hydrogens (primary N) is 2. The van der Waals surface area contributed by atoms with Gasteiger partial charge in [-0.3, -0.25) is 4.79 Å². The maximum Gasteiger partial charge on any atom is 0.234 e. The van der Waals surface area contributed by atoms with Crippen LogP contribution >= 0.6 is 0 Å². The number of aryl methyl sites for hydroxylation is 1. The number of carbonyl (C=O) groups is 1. The summed E-state index contributed by atoms with van der Waals surface area (Å²) in [5.74, 6) is 0.410. The van der Waals surface area contributed by atoms with E-state index in [0.29, 0.717) is 6.42 Å². The van der Waals surface area contributed by atoms with E-state index in [9.17, 15) is 4.79 Å². The SMILES string of the molecule is COc1ccc(CCCC(N)C(N)=O)cc1. The molecule has 0 aliphatic rings. The van der Waals surface area contributed by atoms with Gasteiger partial charge in [0.15, 0.2) is 0 Å². The predicted octanol–water partition coefficient (Wildman–Crippen LogP) is 0.831. The van der Waals surface area contributed by atoms with Gasteiger partial charge in [-0.2, -0.15) is 0 Å². The third-order valence-corrected chi connectivity index (χ3v) is 2.51. The topological polar surface area (TPSA) is 78.3 Å². The Kier molecular flexibility index (Phi) is 4.79. The summed E-state index contributed by atoms with van der Waals surface area (Å²) in [5, 5.41) is 0. The molecule has 1 rings (SSSR count). The zero-order chi connectivity index (χ0) is 12.0. The second-order valence-corrected chi connectivity index (χ2v) is 3.75. The molecule has 1 aromatic carbocycles. The van der Waals surface area contributed by atoms with Gasteiger partial charge in [-0.15, -0.1) is 0 Å². The summed E-state index contributed by atoms with van der Waals surface area (Å²) in [5.41, 5.74) is 11.8. The maximum atomic E-state index is 10.7. The molecule has 0 saturated heterocycles. The van der Waals surface area contributed by atoms with Gasteiger partial charge in [0.25, 0.3) is 0 Å². The molecule has 0 fully saturated rings. The van der Waals surface area contributed by atoms with Gasteiger partial charge >= 0.3 is 0 Å². The number of ether oxygens (including phenoxy) is 1. The lowest BCUT2D eigenvalue weighted by atomic mass is 10.0. The lowest BCUT2D eigenvalue weighted by molar-refractivity contribution is -0.119. The quantitative estimate of drug-likeness (QED) is 0.748. The molecule has 4 N–H and O–H groups in total. The van der Waals surface area contributed by atoms with Crippen LogP contribution in [0.1, 0.15) is 18.4 Å². The number of benzene rings is 1. The van der Waals surface area contributed by atoms with Gasteiger partial charge in [0, 0.05) is 0 Å². The van der Waals surface area contributed by atoms with Crippen molar-refractivity contribution in [1.29, 1.82) is 0 Å². The number of primary amides is 1. The number of carbonyl (C=O) groups excluding carboxylic acids is 1. The molecule has 0 saturated carbocycles.